The number of aliphatic hydroxyl groups is 2. The van der Waals surface area contributed by atoms with Crippen LogP contribution in [0.1, 0.15) is 98.9 Å². The average Bonchev–Trinajstić information content (AvgIpc) is 3.09. The van der Waals surface area contributed by atoms with E-state index in [1.807, 2.05) is 51.7 Å². The summed E-state index contributed by atoms with van der Waals surface area (Å²) in [6, 6.07) is 7.70. The van der Waals surface area contributed by atoms with Crippen LogP contribution in [0.2, 0.25) is 0 Å². The molecule has 0 aromatic heterocycles. The first-order valence-corrected chi connectivity index (χ1v) is 19.4. The maximum atomic E-state index is 14.1. The first-order valence-electron chi connectivity index (χ1n) is 19.4. The third-order valence-corrected chi connectivity index (χ3v) is 11.2. The van der Waals surface area contributed by atoms with Gasteiger partial charge in [0.05, 0.1) is 35.3 Å². The zero-order valence-electron chi connectivity index (χ0n) is 35.0. The van der Waals surface area contributed by atoms with E-state index in [9.17, 15) is 29.4 Å². The van der Waals surface area contributed by atoms with Crippen molar-refractivity contribution in [2.45, 2.75) is 155 Å². The number of hydrogen-bond acceptors (Lipinski definition) is 14. The fourth-order valence-electron chi connectivity index (χ4n) is 8.38. The van der Waals surface area contributed by atoms with Crippen molar-refractivity contribution in [1.82, 2.24) is 9.80 Å². The van der Waals surface area contributed by atoms with Gasteiger partial charge in [0.2, 0.25) is 0 Å². The molecule has 3 rings (SSSR count). The van der Waals surface area contributed by atoms with Crippen molar-refractivity contribution in [1.29, 1.82) is 0 Å². The monoisotopic (exact) mass is 778 g/mol. The summed E-state index contributed by atoms with van der Waals surface area (Å²) >= 11 is 0. The molecule has 14 nitrogen and oxygen atoms in total. The number of esters is 4. The Hall–Kier alpha value is -3.14. The van der Waals surface area contributed by atoms with Crippen LogP contribution in [0.4, 0.5) is 0 Å². The lowest BCUT2D eigenvalue weighted by molar-refractivity contribution is -0.298. The highest BCUT2D eigenvalue weighted by molar-refractivity contribution is 5.89. The molecular formula is C41H66N2O12. The molecule has 2 aliphatic heterocycles. The molecule has 1 aromatic rings. The second-order valence-corrected chi connectivity index (χ2v) is 16.5. The predicted octanol–water partition coefficient (Wildman–Crippen LogP) is 3.98. The lowest BCUT2D eigenvalue weighted by atomic mass is 9.77. The highest BCUT2D eigenvalue weighted by Crippen LogP contribution is 2.38. The summed E-state index contributed by atoms with van der Waals surface area (Å²) in [5.41, 5.74) is -3.12. The largest absolute Gasteiger partial charge is 0.461 e. The summed E-state index contributed by atoms with van der Waals surface area (Å²) in [6.07, 6.45) is -6.16. The maximum Gasteiger partial charge on any atom is 0.338 e. The van der Waals surface area contributed by atoms with Crippen molar-refractivity contribution in [3.8, 4) is 0 Å². The summed E-state index contributed by atoms with van der Waals surface area (Å²) < 4.78 is 37.0. The fraction of sp³-hybridized carbons (Fsp3) is 0.756. The molecule has 2 fully saturated rings. The first kappa shape index (κ1) is 46.2. The Morgan fingerprint density at radius 3 is 2.07 bits per heavy atom. The Morgan fingerprint density at radius 2 is 1.53 bits per heavy atom. The number of ether oxygens (including phenoxy) is 6. The van der Waals surface area contributed by atoms with E-state index in [0.717, 1.165) is 0 Å². The van der Waals surface area contributed by atoms with Crippen molar-refractivity contribution < 1.29 is 57.8 Å². The molecule has 312 valence electrons. The average molecular weight is 779 g/mol. The van der Waals surface area contributed by atoms with Gasteiger partial charge in [0.25, 0.3) is 0 Å². The Bertz CT molecular complexity index is 1440. The van der Waals surface area contributed by atoms with Crippen molar-refractivity contribution in [3.63, 3.8) is 0 Å². The van der Waals surface area contributed by atoms with Crippen molar-refractivity contribution >= 4 is 23.9 Å². The number of carbonyl (C=O) groups is 4. The molecule has 0 amide bonds. The molecular weight excluding hydrogens is 712 g/mol. The van der Waals surface area contributed by atoms with Crippen molar-refractivity contribution in [3.05, 3.63) is 35.9 Å². The number of cyclic esters (lactones) is 1. The molecule has 0 radical (unpaired) electrons. The van der Waals surface area contributed by atoms with Crippen LogP contribution in [0.25, 0.3) is 0 Å². The minimum Gasteiger partial charge on any atom is -0.461 e. The normalized spacial score (nSPS) is 38.6. The number of benzene rings is 1. The summed E-state index contributed by atoms with van der Waals surface area (Å²) in [5, 5.41) is 24.6. The van der Waals surface area contributed by atoms with Crippen molar-refractivity contribution in [2.75, 3.05) is 27.7 Å². The maximum absolute atomic E-state index is 14.1. The molecule has 14 atom stereocenters. The standard InChI is InChI=1S/C41H66N2O12/c1-14-32-41(10,49)36(52-29(8)45)27(6)43(13)22-23(2)21-40(9,48)35(25(4)33(51-28(7)44)26(5)37(46)53-32)55-39-34(31(42(11)12)20-24(3)50-39)54-38(47)30-18-16-15-17-19-30/h15-19,23-27,31-36,39,48-49H,14,20-22H2,1-13H3/t23-,24-,25+,26-,27-,31+,32-,33+,34-,35-,36-,39+,40+,41-/m1/s1. The van der Waals surface area contributed by atoms with Gasteiger partial charge in [0.15, 0.2) is 12.4 Å². The summed E-state index contributed by atoms with van der Waals surface area (Å²) in [7, 11) is 5.58. The lowest BCUT2D eigenvalue weighted by Gasteiger charge is -2.47. The number of hydrogen-bond donors (Lipinski definition) is 2. The Balaban J connectivity index is 2.18. The first-order chi connectivity index (χ1) is 25.5. The van der Waals surface area contributed by atoms with Gasteiger partial charge in [-0.15, -0.1) is 0 Å². The summed E-state index contributed by atoms with van der Waals surface area (Å²) in [6.45, 7) is 16.6. The highest BCUT2D eigenvalue weighted by Gasteiger charge is 2.52. The van der Waals surface area contributed by atoms with Gasteiger partial charge >= 0.3 is 23.9 Å². The highest BCUT2D eigenvalue weighted by atomic mass is 16.7. The number of nitrogens with zero attached hydrogens (tertiary/aromatic N) is 2. The Kier molecular flexibility index (Phi) is 16.3. The van der Waals surface area contributed by atoms with Gasteiger partial charge < -0.3 is 43.5 Å². The predicted molar refractivity (Wildman–Crippen MR) is 204 cm³/mol. The second kappa shape index (κ2) is 19.3. The molecule has 0 bridgehead atoms. The summed E-state index contributed by atoms with van der Waals surface area (Å²) in [5.74, 6) is -4.83. The van der Waals surface area contributed by atoms with Gasteiger partial charge in [-0.1, -0.05) is 39.0 Å². The lowest BCUT2D eigenvalue weighted by Crippen LogP contribution is -2.60. The smallest absolute Gasteiger partial charge is 0.338 e. The molecule has 2 N–H and O–H groups in total. The number of likely N-dealkylation sites (N-methyl/N-ethyl adjacent to an activating group) is 2. The molecule has 2 saturated heterocycles. The fourth-order valence-corrected chi connectivity index (χ4v) is 8.38. The number of carbonyl (C=O) groups excluding carboxylic acids is 4. The third-order valence-electron chi connectivity index (χ3n) is 11.2. The van der Waals surface area contributed by atoms with E-state index in [1.54, 1.807) is 58.0 Å². The van der Waals surface area contributed by atoms with E-state index in [0.29, 0.717) is 18.5 Å². The van der Waals surface area contributed by atoms with E-state index in [4.69, 9.17) is 28.4 Å². The van der Waals surface area contributed by atoms with Crippen molar-refractivity contribution in [2.24, 2.45) is 17.8 Å². The molecule has 0 spiro atoms. The van der Waals surface area contributed by atoms with E-state index >= 15 is 0 Å². The molecule has 55 heavy (non-hydrogen) atoms. The SMILES string of the molecule is CC[C@H]1OC(=O)[C@H](C)[C@@H](OC(C)=O)[C@H](C)[C@@H](O[C@@H]2O[C@H](C)C[C@H](N(C)C)[C@H]2OC(=O)c2ccccc2)[C@@](C)(O)C[C@@H](C)CN(C)[C@H](C)[C@@H](OC(C)=O)[C@]1(C)O. The minimum absolute atomic E-state index is 0.157. The number of rotatable bonds is 8. The minimum atomic E-state index is -1.82. The van der Waals surface area contributed by atoms with Crippen LogP contribution >= 0.6 is 0 Å². The van der Waals surface area contributed by atoms with Gasteiger partial charge in [-0.05, 0) is 93.1 Å². The zero-order chi connectivity index (χ0) is 41.6. The van der Waals surface area contributed by atoms with Crippen LogP contribution in [-0.2, 0) is 42.8 Å². The van der Waals surface area contributed by atoms with Gasteiger partial charge in [0.1, 0.15) is 23.9 Å². The summed E-state index contributed by atoms with van der Waals surface area (Å²) in [4.78, 5) is 56.5. The van der Waals surface area contributed by atoms with E-state index in [-0.39, 0.29) is 30.9 Å². The third kappa shape index (κ3) is 11.7. The van der Waals surface area contributed by atoms with Crippen LogP contribution in [0.5, 0.6) is 0 Å². The topological polar surface area (TPSA) is 171 Å². The van der Waals surface area contributed by atoms with Crippen LogP contribution in [0.15, 0.2) is 30.3 Å². The zero-order valence-corrected chi connectivity index (χ0v) is 35.0. The van der Waals surface area contributed by atoms with Crippen LogP contribution in [0, 0.1) is 17.8 Å². The molecule has 1 aromatic carbocycles. The molecule has 2 aliphatic rings. The van der Waals surface area contributed by atoms with E-state index in [1.165, 1.54) is 20.8 Å². The van der Waals surface area contributed by atoms with Crippen LogP contribution in [0.3, 0.4) is 0 Å². The molecule has 14 heteroatoms. The van der Waals surface area contributed by atoms with Gasteiger partial charge in [-0.25, -0.2) is 4.79 Å². The van der Waals surface area contributed by atoms with Gasteiger partial charge in [0, 0.05) is 32.4 Å². The second-order valence-electron chi connectivity index (χ2n) is 16.5. The molecule has 0 aliphatic carbocycles. The van der Waals surface area contributed by atoms with E-state index in [2.05, 4.69) is 0 Å². The Labute approximate surface area is 327 Å². The molecule has 0 saturated carbocycles. The van der Waals surface area contributed by atoms with Crippen LogP contribution < -0.4 is 0 Å². The van der Waals surface area contributed by atoms with Gasteiger partial charge in [-0.2, -0.15) is 0 Å². The van der Waals surface area contributed by atoms with Crippen LogP contribution in [-0.4, -0.2) is 138 Å². The van der Waals surface area contributed by atoms with E-state index < -0.39 is 89.8 Å². The van der Waals surface area contributed by atoms with Gasteiger partial charge in [-0.3, -0.25) is 19.3 Å². The molecule has 2 heterocycles. The quantitative estimate of drug-likeness (QED) is 0.287. The molecule has 0 unspecified atom stereocenters. The Morgan fingerprint density at radius 1 is 0.927 bits per heavy atom.